The predicted octanol–water partition coefficient (Wildman–Crippen LogP) is 3.20. The lowest BCUT2D eigenvalue weighted by atomic mass is 10.1. The first-order valence-corrected chi connectivity index (χ1v) is 5.10. The Morgan fingerprint density at radius 1 is 1.06 bits per heavy atom. The maximum Gasteiger partial charge on any atom is 0.170 e. The van der Waals surface area contributed by atoms with Gasteiger partial charge in [0.05, 0.1) is 12.5 Å². The average Bonchev–Trinajstić information content (AvgIpc) is 2.77. The minimum Gasteiger partial charge on any atom is -0.461 e. The van der Waals surface area contributed by atoms with Crippen molar-refractivity contribution in [3.63, 3.8) is 0 Å². The summed E-state index contributed by atoms with van der Waals surface area (Å²) in [4.78, 5) is 8.70. The van der Waals surface area contributed by atoms with E-state index in [1.165, 1.54) is 5.56 Å². The van der Waals surface area contributed by atoms with Crippen LogP contribution in [0.15, 0.2) is 47.2 Å². The molecule has 0 radical (unpaired) electrons. The lowest BCUT2D eigenvalue weighted by molar-refractivity contribution is 0.613. The van der Waals surface area contributed by atoms with Gasteiger partial charge >= 0.3 is 0 Å². The highest BCUT2D eigenvalue weighted by atomic mass is 16.3. The van der Waals surface area contributed by atoms with Crippen LogP contribution in [0.1, 0.15) is 5.56 Å². The van der Waals surface area contributed by atoms with Crippen molar-refractivity contribution in [3.8, 4) is 11.4 Å². The van der Waals surface area contributed by atoms with Crippen molar-refractivity contribution in [2.24, 2.45) is 0 Å². The van der Waals surface area contributed by atoms with Crippen LogP contribution in [0.5, 0.6) is 0 Å². The molecule has 0 saturated heterocycles. The number of hydrogen-bond acceptors (Lipinski definition) is 3. The van der Waals surface area contributed by atoms with Crippen LogP contribution in [-0.2, 0) is 0 Å². The third kappa shape index (κ3) is 1.46. The highest BCUT2D eigenvalue weighted by Gasteiger charge is 2.04. The summed E-state index contributed by atoms with van der Waals surface area (Å²) < 4.78 is 5.20. The molecule has 0 atom stereocenters. The number of benzene rings is 1. The van der Waals surface area contributed by atoms with Gasteiger partial charge in [-0.15, -0.1) is 0 Å². The molecule has 0 amide bonds. The standard InChI is InChI=1S/C13H10N2O/c1-9-2-4-10(5-3-9)13-14-8-12-11(15-13)6-7-16-12/h2-8H,1H3. The fraction of sp³-hybridized carbons (Fsp3) is 0.0769. The molecule has 0 N–H and O–H groups in total. The number of aromatic nitrogens is 2. The fourth-order valence-corrected chi connectivity index (χ4v) is 1.61. The lowest BCUT2D eigenvalue weighted by Crippen LogP contribution is -1.87. The van der Waals surface area contributed by atoms with Gasteiger partial charge in [-0.05, 0) is 6.92 Å². The summed E-state index contributed by atoms with van der Waals surface area (Å²) in [6.07, 6.45) is 3.33. The van der Waals surface area contributed by atoms with E-state index in [-0.39, 0.29) is 0 Å². The summed E-state index contributed by atoms with van der Waals surface area (Å²) in [5.74, 6) is 0.730. The Hall–Kier alpha value is -2.16. The number of nitrogens with zero attached hydrogens (tertiary/aromatic N) is 2. The van der Waals surface area contributed by atoms with Crippen LogP contribution >= 0.6 is 0 Å². The summed E-state index contributed by atoms with van der Waals surface area (Å²) in [5, 5.41) is 0. The fourth-order valence-electron chi connectivity index (χ4n) is 1.61. The first-order chi connectivity index (χ1) is 7.83. The van der Waals surface area contributed by atoms with Crippen LogP contribution in [0.2, 0.25) is 0 Å². The van der Waals surface area contributed by atoms with Gasteiger partial charge in [0, 0.05) is 11.6 Å². The molecule has 16 heavy (non-hydrogen) atoms. The Labute approximate surface area is 92.8 Å². The molecule has 78 valence electrons. The number of rotatable bonds is 1. The molecule has 2 aromatic heterocycles. The molecule has 0 spiro atoms. The van der Waals surface area contributed by atoms with E-state index in [1.807, 2.05) is 18.2 Å². The monoisotopic (exact) mass is 210 g/mol. The lowest BCUT2D eigenvalue weighted by Gasteiger charge is -1.99. The van der Waals surface area contributed by atoms with E-state index < -0.39 is 0 Å². The van der Waals surface area contributed by atoms with Crippen LogP contribution in [0.25, 0.3) is 22.5 Å². The molecular weight excluding hydrogens is 200 g/mol. The maximum absolute atomic E-state index is 5.20. The Morgan fingerprint density at radius 3 is 2.69 bits per heavy atom. The summed E-state index contributed by atoms with van der Waals surface area (Å²) in [6.45, 7) is 2.06. The molecule has 0 aliphatic rings. The number of furan rings is 1. The summed E-state index contributed by atoms with van der Waals surface area (Å²) in [6, 6.07) is 10.00. The van der Waals surface area contributed by atoms with Gasteiger partial charge < -0.3 is 4.42 Å². The van der Waals surface area contributed by atoms with Crippen LogP contribution < -0.4 is 0 Å². The Morgan fingerprint density at radius 2 is 1.88 bits per heavy atom. The number of fused-ring (bicyclic) bond motifs is 1. The largest absolute Gasteiger partial charge is 0.461 e. The summed E-state index contributed by atoms with van der Waals surface area (Å²) in [5.41, 5.74) is 3.81. The molecule has 3 rings (SSSR count). The van der Waals surface area contributed by atoms with Crippen molar-refractivity contribution < 1.29 is 4.42 Å². The van der Waals surface area contributed by atoms with Gasteiger partial charge in [0.2, 0.25) is 0 Å². The molecule has 0 aliphatic carbocycles. The van der Waals surface area contributed by atoms with E-state index in [9.17, 15) is 0 Å². The van der Waals surface area contributed by atoms with Gasteiger partial charge in [0.25, 0.3) is 0 Å². The van der Waals surface area contributed by atoms with Gasteiger partial charge in [-0.25, -0.2) is 9.97 Å². The summed E-state index contributed by atoms with van der Waals surface area (Å²) >= 11 is 0. The highest BCUT2D eigenvalue weighted by Crippen LogP contribution is 2.19. The van der Waals surface area contributed by atoms with E-state index >= 15 is 0 Å². The summed E-state index contributed by atoms with van der Waals surface area (Å²) in [7, 11) is 0. The number of aryl methyl sites for hydroxylation is 1. The van der Waals surface area contributed by atoms with E-state index in [2.05, 4.69) is 29.0 Å². The topological polar surface area (TPSA) is 38.9 Å². The van der Waals surface area contributed by atoms with Crippen LogP contribution in [-0.4, -0.2) is 9.97 Å². The minimum absolute atomic E-state index is 0.718. The van der Waals surface area contributed by atoms with E-state index in [1.54, 1.807) is 12.5 Å². The Balaban J connectivity index is 2.14. The second-order valence-electron chi connectivity index (χ2n) is 3.73. The maximum atomic E-state index is 5.20. The molecule has 0 aliphatic heterocycles. The van der Waals surface area contributed by atoms with Gasteiger partial charge in [-0.1, -0.05) is 29.8 Å². The van der Waals surface area contributed by atoms with E-state index in [0.717, 1.165) is 22.5 Å². The van der Waals surface area contributed by atoms with Crippen molar-refractivity contribution in [1.29, 1.82) is 0 Å². The zero-order valence-electron chi connectivity index (χ0n) is 8.84. The first-order valence-electron chi connectivity index (χ1n) is 5.10. The smallest absolute Gasteiger partial charge is 0.170 e. The average molecular weight is 210 g/mol. The van der Waals surface area contributed by atoms with Crippen LogP contribution in [0.4, 0.5) is 0 Å². The van der Waals surface area contributed by atoms with Crippen molar-refractivity contribution in [1.82, 2.24) is 9.97 Å². The van der Waals surface area contributed by atoms with E-state index in [4.69, 9.17) is 4.42 Å². The third-order valence-electron chi connectivity index (χ3n) is 2.51. The highest BCUT2D eigenvalue weighted by molar-refractivity contribution is 5.73. The van der Waals surface area contributed by atoms with Crippen molar-refractivity contribution in [3.05, 3.63) is 48.4 Å². The Kier molecular flexibility index (Phi) is 1.96. The second kappa shape index (κ2) is 3.45. The third-order valence-corrected chi connectivity index (χ3v) is 2.51. The molecule has 0 unspecified atom stereocenters. The molecular formula is C13H10N2O. The van der Waals surface area contributed by atoms with Crippen molar-refractivity contribution >= 4 is 11.1 Å². The molecule has 0 saturated carbocycles. The molecule has 3 heteroatoms. The minimum atomic E-state index is 0.718. The zero-order chi connectivity index (χ0) is 11.0. The Bertz CT molecular complexity index is 626. The SMILES string of the molecule is Cc1ccc(-c2ncc3occc3n2)cc1. The zero-order valence-corrected chi connectivity index (χ0v) is 8.84. The molecule has 3 nitrogen and oxygen atoms in total. The van der Waals surface area contributed by atoms with Crippen molar-refractivity contribution in [2.75, 3.05) is 0 Å². The van der Waals surface area contributed by atoms with Crippen molar-refractivity contribution in [2.45, 2.75) is 6.92 Å². The molecule has 0 bridgehead atoms. The normalized spacial score (nSPS) is 10.8. The van der Waals surface area contributed by atoms with Gasteiger partial charge in [0.15, 0.2) is 11.4 Å². The predicted molar refractivity (Wildman–Crippen MR) is 62.0 cm³/mol. The first kappa shape index (κ1) is 9.09. The quantitative estimate of drug-likeness (QED) is 0.619. The molecule has 1 aromatic carbocycles. The van der Waals surface area contributed by atoms with Gasteiger partial charge in [-0.3, -0.25) is 0 Å². The van der Waals surface area contributed by atoms with Crippen LogP contribution in [0, 0.1) is 6.92 Å². The molecule has 0 fully saturated rings. The number of hydrogen-bond donors (Lipinski definition) is 0. The molecule has 3 aromatic rings. The van der Waals surface area contributed by atoms with Gasteiger partial charge in [-0.2, -0.15) is 0 Å². The molecule has 2 heterocycles. The van der Waals surface area contributed by atoms with Crippen LogP contribution in [0.3, 0.4) is 0 Å². The second-order valence-corrected chi connectivity index (χ2v) is 3.73. The van der Waals surface area contributed by atoms with E-state index in [0.29, 0.717) is 0 Å². The van der Waals surface area contributed by atoms with Gasteiger partial charge in [0.1, 0.15) is 5.52 Å².